The average molecular weight is 350 g/mol. The molecule has 0 saturated heterocycles. The van der Waals surface area contributed by atoms with Crippen LogP contribution in [0.1, 0.15) is 39.2 Å². The standard InChI is InChI=1S/C22H26N2O2/c1-22(2,3)17-10-12-18(13-11-17)25-14-6-7-15-26-21-19-8-4-5-9-20(19)23-16-24-21/h4-5,8-13,16H,6-7,14-15H2,1-3H3. The second kappa shape index (κ2) is 8.17. The minimum Gasteiger partial charge on any atom is -0.494 e. The first-order valence-corrected chi connectivity index (χ1v) is 9.10. The molecule has 2 aromatic carbocycles. The monoisotopic (exact) mass is 350 g/mol. The lowest BCUT2D eigenvalue weighted by Gasteiger charge is -2.19. The van der Waals surface area contributed by atoms with Gasteiger partial charge in [0.25, 0.3) is 0 Å². The van der Waals surface area contributed by atoms with Crippen LogP contribution < -0.4 is 9.47 Å². The molecule has 0 aliphatic heterocycles. The molecule has 0 unspecified atom stereocenters. The van der Waals surface area contributed by atoms with Gasteiger partial charge in [0.15, 0.2) is 0 Å². The first-order chi connectivity index (χ1) is 12.5. The maximum atomic E-state index is 5.82. The summed E-state index contributed by atoms with van der Waals surface area (Å²) in [6.07, 6.45) is 3.39. The van der Waals surface area contributed by atoms with Crippen LogP contribution in [-0.2, 0) is 5.41 Å². The number of unbranched alkanes of at least 4 members (excludes halogenated alkanes) is 1. The number of aromatic nitrogens is 2. The molecule has 0 aliphatic rings. The van der Waals surface area contributed by atoms with Gasteiger partial charge in [-0.3, -0.25) is 0 Å². The normalized spacial score (nSPS) is 11.5. The molecule has 0 radical (unpaired) electrons. The highest BCUT2D eigenvalue weighted by Gasteiger charge is 2.12. The summed E-state index contributed by atoms with van der Waals surface area (Å²) in [5.74, 6) is 1.56. The number of nitrogens with zero attached hydrogens (tertiary/aromatic N) is 2. The van der Waals surface area contributed by atoms with E-state index >= 15 is 0 Å². The molecule has 0 spiro atoms. The number of rotatable bonds is 7. The van der Waals surface area contributed by atoms with Gasteiger partial charge in [-0.05, 0) is 48.1 Å². The van der Waals surface area contributed by atoms with Crippen molar-refractivity contribution in [1.82, 2.24) is 9.97 Å². The maximum Gasteiger partial charge on any atom is 0.224 e. The average Bonchev–Trinajstić information content (AvgIpc) is 2.64. The Labute approximate surface area is 155 Å². The Morgan fingerprint density at radius 3 is 2.23 bits per heavy atom. The molecule has 0 amide bonds. The quantitative estimate of drug-likeness (QED) is 0.552. The summed E-state index contributed by atoms with van der Waals surface area (Å²) >= 11 is 0. The molecule has 0 saturated carbocycles. The number of fused-ring (bicyclic) bond motifs is 1. The van der Waals surface area contributed by atoms with Gasteiger partial charge in [-0.2, -0.15) is 0 Å². The van der Waals surface area contributed by atoms with E-state index in [1.54, 1.807) is 6.33 Å². The van der Waals surface area contributed by atoms with Crippen molar-refractivity contribution in [1.29, 1.82) is 0 Å². The number of benzene rings is 2. The second-order valence-electron chi connectivity index (χ2n) is 7.37. The van der Waals surface area contributed by atoms with Gasteiger partial charge in [0.2, 0.25) is 5.88 Å². The Hall–Kier alpha value is -2.62. The van der Waals surface area contributed by atoms with Crippen LogP contribution in [-0.4, -0.2) is 23.2 Å². The van der Waals surface area contributed by atoms with Gasteiger partial charge in [-0.15, -0.1) is 0 Å². The molecule has 4 heteroatoms. The zero-order valence-electron chi connectivity index (χ0n) is 15.7. The molecule has 0 bridgehead atoms. The van der Waals surface area contributed by atoms with Crippen LogP contribution in [0.15, 0.2) is 54.9 Å². The lowest BCUT2D eigenvalue weighted by molar-refractivity contribution is 0.263. The van der Waals surface area contributed by atoms with E-state index in [4.69, 9.17) is 9.47 Å². The number of para-hydroxylation sites is 1. The predicted octanol–water partition coefficient (Wildman–Crippen LogP) is 5.17. The van der Waals surface area contributed by atoms with Crippen molar-refractivity contribution in [3.63, 3.8) is 0 Å². The fourth-order valence-corrected chi connectivity index (χ4v) is 2.71. The van der Waals surface area contributed by atoms with Crippen molar-refractivity contribution < 1.29 is 9.47 Å². The smallest absolute Gasteiger partial charge is 0.224 e. The number of ether oxygens (including phenoxy) is 2. The van der Waals surface area contributed by atoms with Crippen LogP contribution >= 0.6 is 0 Å². The van der Waals surface area contributed by atoms with E-state index in [0.717, 1.165) is 29.5 Å². The van der Waals surface area contributed by atoms with E-state index in [1.807, 2.05) is 36.4 Å². The van der Waals surface area contributed by atoms with Gasteiger partial charge in [0.1, 0.15) is 12.1 Å². The third kappa shape index (κ3) is 4.72. The van der Waals surface area contributed by atoms with Gasteiger partial charge in [0.05, 0.1) is 24.1 Å². The zero-order chi connectivity index (χ0) is 18.4. The molecule has 0 N–H and O–H groups in total. The molecule has 26 heavy (non-hydrogen) atoms. The molecule has 4 nitrogen and oxygen atoms in total. The molecule has 1 heterocycles. The Balaban J connectivity index is 1.41. The summed E-state index contributed by atoms with van der Waals surface area (Å²) in [4.78, 5) is 8.48. The zero-order valence-corrected chi connectivity index (χ0v) is 15.7. The number of hydrogen-bond donors (Lipinski definition) is 0. The SMILES string of the molecule is CC(C)(C)c1ccc(OCCCCOc2ncnc3ccccc23)cc1. The lowest BCUT2D eigenvalue weighted by Crippen LogP contribution is -2.10. The van der Waals surface area contributed by atoms with Gasteiger partial charge < -0.3 is 9.47 Å². The number of hydrogen-bond acceptors (Lipinski definition) is 4. The minimum atomic E-state index is 0.168. The molecule has 136 valence electrons. The van der Waals surface area contributed by atoms with E-state index in [0.29, 0.717) is 19.1 Å². The summed E-state index contributed by atoms with van der Waals surface area (Å²) in [6, 6.07) is 16.2. The highest BCUT2D eigenvalue weighted by molar-refractivity contribution is 5.82. The largest absolute Gasteiger partial charge is 0.494 e. The van der Waals surface area contributed by atoms with E-state index in [9.17, 15) is 0 Å². The van der Waals surface area contributed by atoms with Crippen molar-refractivity contribution in [2.75, 3.05) is 13.2 Å². The summed E-state index contributed by atoms with van der Waals surface area (Å²) < 4.78 is 11.6. The van der Waals surface area contributed by atoms with Crippen molar-refractivity contribution in [3.05, 3.63) is 60.4 Å². The van der Waals surface area contributed by atoms with Crippen LogP contribution in [0.5, 0.6) is 11.6 Å². The van der Waals surface area contributed by atoms with Crippen LogP contribution in [0, 0.1) is 0 Å². The van der Waals surface area contributed by atoms with Crippen molar-refractivity contribution >= 4 is 10.9 Å². The lowest BCUT2D eigenvalue weighted by atomic mass is 9.87. The van der Waals surface area contributed by atoms with Gasteiger partial charge >= 0.3 is 0 Å². The first kappa shape index (κ1) is 18.2. The van der Waals surface area contributed by atoms with Crippen molar-refractivity contribution in [2.24, 2.45) is 0 Å². The van der Waals surface area contributed by atoms with E-state index in [1.165, 1.54) is 5.56 Å². The molecular formula is C22H26N2O2. The van der Waals surface area contributed by atoms with Gasteiger partial charge in [-0.1, -0.05) is 45.0 Å². The molecule has 1 aromatic heterocycles. The van der Waals surface area contributed by atoms with Gasteiger partial charge in [0, 0.05) is 0 Å². The first-order valence-electron chi connectivity index (χ1n) is 9.10. The maximum absolute atomic E-state index is 5.82. The van der Waals surface area contributed by atoms with E-state index in [2.05, 4.69) is 42.9 Å². The van der Waals surface area contributed by atoms with Crippen LogP contribution in [0.3, 0.4) is 0 Å². The molecule has 0 fully saturated rings. The summed E-state index contributed by atoms with van der Waals surface area (Å²) in [6.45, 7) is 7.94. The Bertz CT molecular complexity index is 833. The Morgan fingerprint density at radius 2 is 1.50 bits per heavy atom. The Kier molecular flexibility index (Phi) is 5.71. The van der Waals surface area contributed by atoms with Crippen molar-refractivity contribution in [2.45, 2.75) is 39.0 Å². The van der Waals surface area contributed by atoms with E-state index in [-0.39, 0.29) is 5.41 Å². The highest BCUT2D eigenvalue weighted by Crippen LogP contribution is 2.24. The van der Waals surface area contributed by atoms with Gasteiger partial charge in [-0.25, -0.2) is 9.97 Å². The molecule has 0 aliphatic carbocycles. The topological polar surface area (TPSA) is 44.2 Å². The third-order valence-corrected chi connectivity index (χ3v) is 4.27. The molecule has 3 rings (SSSR count). The summed E-state index contributed by atoms with van der Waals surface area (Å²) in [7, 11) is 0. The summed E-state index contributed by atoms with van der Waals surface area (Å²) in [5.41, 5.74) is 2.39. The minimum absolute atomic E-state index is 0.168. The predicted molar refractivity (Wildman–Crippen MR) is 105 cm³/mol. The van der Waals surface area contributed by atoms with Crippen molar-refractivity contribution in [3.8, 4) is 11.6 Å². The molecule has 3 aromatic rings. The van der Waals surface area contributed by atoms with Crippen LogP contribution in [0.25, 0.3) is 10.9 Å². The third-order valence-electron chi connectivity index (χ3n) is 4.27. The highest BCUT2D eigenvalue weighted by atomic mass is 16.5. The molecular weight excluding hydrogens is 324 g/mol. The second-order valence-corrected chi connectivity index (χ2v) is 7.37. The Morgan fingerprint density at radius 1 is 0.808 bits per heavy atom. The van der Waals surface area contributed by atoms with E-state index < -0.39 is 0 Å². The fraction of sp³-hybridized carbons (Fsp3) is 0.364. The van der Waals surface area contributed by atoms with Crippen LogP contribution in [0.4, 0.5) is 0 Å². The fourth-order valence-electron chi connectivity index (χ4n) is 2.71. The summed E-state index contributed by atoms with van der Waals surface area (Å²) in [5, 5.41) is 0.949. The van der Waals surface area contributed by atoms with Crippen LogP contribution in [0.2, 0.25) is 0 Å². The molecule has 0 atom stereocenters.